The number of hydrogen-bond donors (Lipinski definition) is 1. The topological polar surface area (TPSA) is 39.1 Å². The van der Waals surface area contributed by atoms with Crippen LogP contribution in [0.1, 0.15) is 5.56 Å². The van der Waals surface area contributed by atoms with E-state index in [1.165, 1.54) is 0 Å². The Morgan fingerprint density at radius 2 is 2.07 bits per heavy atom. The molecule has 4 heteroatoms. The maximum absolute atomic E-state index is 10.6. The number of thiol groups is 1. The summed E-state index contributed by atoms with van der Waals surface area (Å²) in [6.45, 7) is 0. The van der Waals surface area contributed by atoms with E-state index in [1.54, 1.807) is 0 Å². The number of hydrogen-bond acceptors (Lipinski definition) is 2. The van der Waals surface area contributed by atoms with Gasteiger partial charge in [-0.3, -0.25) is 0 Å². The first-order valence-corrected chi connectivity index (χ1v) is 5.69. The van der Waals surface area contributed by atoms with Crippen LogP contribution in [-0.4, -0.2) is 13.0 Å². The van der Waals surface area contributed by atoms with Gasteiger partial charge in [-0.05, 0) is 23.1 Å². The van der Waals surface area contributed by atoms with Gasteiger partial charge in [0.1, 0.15) is 10.7 Å². The summed E-state index contributed by atoms with van der Waals surface area (Å²) in [6, 6.07) is 7.73. The average Bonchev–Trinajstić information content (AvgIpc) is 2.47. The van der Waals surface area contributed by atoms with E-state index in [-0.39, 0.29) is 5.75 Å². The van der Waals surface area contributed by atoms with Crippen molar-refractivity contribution >= 4 is 21.6 Å². The van der Waals surface area contributed by atoms with Crippen LogP contribution in [0, 0.1) is 0 Å². The zero-order valence-electron chi connectivity index (χ0n) is 7.80. The largest absolute Gasteiger partial charge is 0.351 e. The Kier molecular flexibility index (Phi) is 2.29. The van der Waals surface area contributed by atoms with Crippen molar-refractivity contribution in [2.45, 2.75) is 5.75 Å². The molecule has 0 atom stereocenters. The predicted molar refractivity (Wildman–Crippen MR) is 56.9 cm³/mol. The zero-order chi connectivity index (χ0) is 10.1. The molecule has 0 amide bonds. The zero-order valence-corrected chi connectivity index (χ0v) is 8.70. The Hall–Kier alpha value is -1.29. The van der Waals surface area contributed by atoms with Crippen LogP contribution in [-0.2, 0) is 23.5 Å². The van der Waals surface area contributed by atoms with Gasteiger partial charge in [0.15, 0.2) is 0 Å². The molecule has 1 heterocycles. The van der Waals surface area contributed by atoms with Crippen molar-refractivity contribution < 1.29 is 8.42 Å². The Morgan fingerprint density at radius 1 is 1.29 bits per heavy atom. The first-order valence-electron chi connectivity index (χ1n) is 4.32. The highest BCUT2D eigenvalue weighted by Crippen LogP contribution is 2.16. The molecule has 0 bridgehead atoms. The van der Waals surface area contributed by atoms with E-state index < -0.39 is 10.7 Å². The first kappa shape index (κ1) is 9.27. The van der Waals surface area contributed by atoms with Crippen LogP contribution in [0.15, 0.2) is 30.5 Å². The monoisotopic (exact) mass is 209 g/mol. The molecule has 1 aromatic carbocycles. The summed E-state index contributed by atoms with van der Waals surface area (Å²) in [7, 11) is -0.389. The number of aromatic nitrogens is 1. The lowest BCUT2D eigenvalue weighted by Gasteiger charge is -1.98. The normalized spacial score (nSPS) is 11.3. The van der Waals surface area contributed by atoms with Crippen molar-refractivity contribution in [3.05, 3.63) is 36.0 Å². The molecular formula is C10H11NO2S. The minimum atomic E-state index is -2.34. The lowest BCUT2D eigenvalue weighted by atomic mass is 10.2. The molecular weight excluding hydrogens is 198 g/mol. The fourth-order valence-corrected chi connectivity index (χ4v) is 2.05. The molecule has 74 valence electrons. The summed E-state index contributed by atoms with van der Waals surface area (Å²) in [5.41, 5.74) is 1.91. The van der Waals surface area contributed by atoms with Crippen molar-refractivity contribution in [3.8, 4) is 0 Å². The standard InChI is InChI=1S/C10H11NO2S/c1-11-5-4-9-3-2-8(6-10(9)11)7-14(12)13/h2-6,14H,7H2,1H3. The molecule has 0 unspecified atom stereocenters. The van der Waals surface area contributed by atoms with E-state index in [0.29, 0.717) is 0 Å². The lowest BCUT2D eigenvalue weighted by Crippen LogP contribution is -1.89. The van der Waals surface area contributed by atoms with E-state index in [1.807, 2.05) is 42.1 Å². The molecule has 0 aliphatic rings. The molecule has 0 fully saturated rings. The number of fused-ring (bicyclic) bond motifs is 1. The lowest BCUT2D eigenvalue weighted by molar-refractivity contribution is 0.614. The van der Waals surface area contributed by atoms with Crippen LogP contribution in [0.25, 0.3) is 10.9 Å². The number of aryl methyl sites for hydroxylation is 1. The number of rotatable bonds is 2. The SMILES string of the molecule is Cn1ccc2ccc(C[SH](=O)=O)cc21. The van der Waals surface area contributed by atoms with Gasteiger partial charge >= 0.3 is 0 Å². The van der Waals surface area contributed by atoms with Crippen molar-refractivity contribution in [1.29, 1.82) is 0 Å². The van der Waals surface area contributed by atoms with Gasteiger partial charge in [-0.25, -0.2) is 8.42 Å². The smallest absolute Gasteiger partial charge is 0.144 e. The molecule has 0 spiro atoms. The molecule has 0 N–H and O–H groups in total. The minimum absolute atomic E-state index is 0.121. The van der Waals surface area contributed by atoms with Gasteiger partial charge in [0.2, 0.25) is 0 Å². The summed E-state index contributed by atoms with van der Waals surface area (Å²) >= 11 is 0. The second-order valence-electron chi connectivity index (χ2n) is 3.31. The molecule has 0 saturated carbocycles. The van der Waals surface area contributed by atoms with Gasteiger partial charge in [-0.2, -0.15) is 0 Å². The molecule has 14 heavy (non-hydrogen) atoms. The van der Waals surface area contributed by atoms with Crippen LogP contribution >= 0.6 is 0 Å². The summed E-state index contributed by atoms with van der Waals surface area (Å²) in [4.78, 5) is 0. The van der Waals surface area contributed by atoms with Crippen LogP contribution < -0.4 is 0 Å². The Balaban J connectivity index is 2.54. The molecule has 0 aliphatic carbocycles. The molecule has 3 nitrogen and oxygen atoms in total. The van der Waals surface area contributed by atoms with Gasteiger partial charge in [0.05, 0.1) is 5.75 Å². The fraction of sp³-hybridized carbons (Fsp3) is 0.200. The minimum Gasteiger partial charge on any atom is -0.351 e. The molecule has 2 rings (SSSR count). The molecule has 1 aromatic heterocycles. The van der Waals surface area contributed by atoms with E-state index in [0.717, 1.165) is 16.5 Å². The maximum Gasteiger partial charge on any atom is 0.144 e. The third-order valence-corrected chi connectivity index (χ3v) is 2.89. The van der Waals surface area contributed by atoms with Gasteiger partial charge in [0, 0.05) is 18.8 Å². The van der Waals surface area contributed by atoms with E-state index >= 15 is 0 Å². The third kappa shape index (κ3) is 1.65. The van der Waals surface area contributed by atoms with Gasteiger partial charge in [-0.1, -0.05) is 12.1 Å². The van der Waals surface area contributed by atoms with Crippen LogP contribution in [0.3, 0.4) is 0 Å². The van der Waals surface area contributed by atoms with Gasteiger partial charge in [-0.15, -0.1) is 0 Å². The number of benzene rings is 1. The van der Waals surface area contributed by atoms with Crippen molar-refractivity contribution in [2.75, 3.05) is 0 Å². The van der Waals surface area contributed by atoms with E-state index in [9.17, 15) is 8.42 Å². The Morgan fingerprint density at radius 3 is 2.79 bits per heavy atom. The summed E-state index contributed by atoms with van der Waals surface area (Å²) < 4.78 is 23.1. The molecule has 0 aliphatic heterocycles. The van der Waals surface area contributed by atoms with E-state index in [4.69, 9.17) is 0 Å². The van der Waals surface area contributed by atoms with Crippen LogP contribution in [0.4, 0.5) is 0 Å². The van der Waals surface area contributed by atoms with Crippen molar-refractivity contribution in [3.63, 3.8) is 0 Å². The summed E-state index contributed by atoms with van der Waals surface area (Å²) in [5.74, 6) is 0.121. The van der Waals surface area contributed by atoms with Crippen molar-refractivity contribution in [1.82, 2.24) is 4.57 Å². The highest BCUT2D eigenvalue weighted by molar-refractivity contribution is 7.71. The second-order valence-corrected chi connectivity index (χ2v) is 4.29. The van der Waals surface area contributed by atoms with Crippen LogP contribution in [0.2, 0.25) is 0 Å². The molecule has 0 radical (unpaired) electrons. The highest BCUT2D eigenvalue weighted by atomic mass is 32.2. The molecule has 2 aromatic rings. The average molecular weight is 209 g/mol. The van der Waals surface area contributed by atoms with Gasteiger partial charge in [0.25, 0.3) is 0 Å². The molecule has 0 saturated heterocycles. The highest BCUT2D eigenvalue weighted by Gasteiger charge is 2.00. The Bertz CT molecular complexity index is 532. The summed E-state index contributed by atoms with van der Waals surface area (Å²) in [5, 5.41) is 1.14. The van der Waals surface area contributed by atoms with E-state index in [2.05, 4.69) is 0 Å². The fourth-order valence-electron chi connectivity index (χ4n) is 1.56. The van der Waals surface area contributed by atoms with Crippen molar-refractivity contribution in [2.24, 2.45) is 7.05 Å². The van der Waals surface area contributed by atoms with Gasteiger partial charge < -0.3 is 4.57 Å². The Labute approximate surface area is 83.9 Å². The quantitative estimate of drug-likeness (QED) is 0.757. The number of nitrogens with zero attached hydrogens (tertiary/aromatic N) is 1. The third-order valence-electron chi connectivity index (χ3n) is 2.26. The predicted octanol–water partition coefficient (Wildman–Crippen LogP) is 1.29. The summed E-state index contributed by atoms with van der Waals surface area (Å²) in [6.07, 6.45) is 1.96. The first-order chi connectivity index (χ1) is 6.66. The second kappa shape index (κ2) is 3.46. The maximum atomic E-state index is 10.6. The van der Waals surface area contributed by atoms with Crippen LogP contribution in [0.5, 0.6) is 0 Å².